The number of rotatable bonds is 5. The first kappa shape index (κ1) is 17.5. The molecule has 2 aromatic rings. The molecule has 0 aliphatic rings. The van der Waals surface area contributed by atoms with Crippen LogP contribution < -0.4 is 5.32 Å². The first-order valence-electron chi connectivity index (χ1n) is 7.48. The third kappa shape index (κ3) is 3.92. The molecule has 0 bridgehead atoms. The van der Waals surface area contributed by atoms with Crippen LogP contribution in [0.15, 0.2) is 36.5 Å². The molecule has 1 aromatic carbocycles. The molecular weight excluding hydrogens is 316 g/mol. The van der Waals surface area contributed by atoms with Gasteiger partial charge in [-0.3, -0.25) is 14.6 Å². The van der Waals surface area contributed by atoms with Gasteiger partial charge in [-0.25, -0.2) is 8.78 Å². The van der Waals surface area contributed by atoms with Gasteiger partial charge in [0.25, 0.3) is 11.8 Å². The number of pyridine rings is 1. The molecule has 0 radical (unpaired) electrons. The molecule has 5 nitrogen and oxygen atoms in total. The molecule has 0 fully saturated rings. The highest BCUT2D eigenvalue weighted by Gasteiger charge is 2.16. The van der Waals surface area contributed by atoms with Crippen LogP contribution in [0.25, 0.3) is 0 Å². The predicted octanol–water partition coefficient (Wildman–Crippen LogP) is 3.09. The second-order valence-corrected chi connectivity index (χ2v) is 4.99. The van der Waals surface area contributed by atoms with E-state index in [-0.39, 0.29) is 17.3 Å². The van der Waals surface area contributed by atoms with E-state index >= 15 is 0 Å². The largest absolute Gasteiger partial charge is 0.339 e. The summed E-state index contributed by atoms with van der Waals surface area (Å²) in [4.78, 5) is 30.0. The molecule has 0 aliphatic carbocycles. The van der Waals surface area contributed by atoms with Crippen molar-refractivity contribution in [1.29, 1.82) is 0 Å². The average Bonchev–Trinajstić information content (AvgIpc) is 2.59. The summed E-state index contributed by atoms with van der Waals surface area (Å²) < 4.78 is 26.1. The van der Waals surface area contributed by atoms with Crippen molar-refractivity contribution in [2.75, 3.05) is 18.4 Å². The third-order valence-corrected chi connectivity index (χ3v) is 3.47. The van der Waals surface area contributed by atoms with Gasteiger partial charge in [0.1, 0.15) is 5.69 Å². The molecule has 0 spiro atoms. The van der Waals surface area contributed by atoms with E-state index < -0.39 is 17.5 Å². The number of hydrogen-bond acceptors (Lipinski definition) is 3. The second kappa shape index (κ2) is 7.63. The lowest BCUT2D eigenvalue weighted by molar-refractivity contribution is 0.0773. The lowest BCUT2D eigenvalue weighted by Crippen LogP contribution is -2.30. The van der Waals surface area contributed by atoms with Crippen LogP contribution in [0.5, 0.6) is 0 Å². The minimum atomic E-state index is -1.06. The lowest BCUT2D eigenvalue weighted by atomic mass is 10.2. The maximum absolute atomic E-state index is 13.2. The minimum absolute atomic E-state index is 0.0118. The van der Waals surface area contributed by atoms with Crippen LogP contribution >= 0.6 is 0 Å². The first-order valence-corrected chi connectivity index (χ1v) is 7.48. The van der Waals surface area contributed by atoms with Crippen molar-refractivity contribution in [3.63, 3.8) is 0 Å². The minimum Gasteiger partial charge on any atom is -0.339 e. The molecular formula is C17H17F2N3O2. The van der Waals surface area contributed by atoms with E-state index in [1.165, 1.54) is 24.4 Å². The monoisotopic (exact) mass is 333 g/mol. The molecule has 1 heterocycles. The molecule has 2 amide bonds. The Morgan fingerprint density at radius 2 is 1.79 bits per heavy atom. The average molecular weight is 333 g/mol. The maximum Gasteiger partial charge on any atom is 0.274 e. The Kier molecular flexibility index (Phi) is 5.57. The molecule has 7 heteroatoms. The van der Waals surface area contributed by atoms with Gasteiger partial charge in [-0.05, 0) is 38.1 Å². The van der Waals surface area contributed by atoms with E-state index in [2.05, 4.69) is 10.3 Å². The van der Waals surface area contributed by atoms with Crippen LogP contribution in [0.1, 0.15) is 34.7 Å². The Labute approximate surface area is 138 Å². The van der Waals surface area contributed by atoms with Crippen molar-refractivity contribution < 1.29 is 18.4 Å². The van der Waals surface area contributed by atoms with E-state index in [1.807, 2.05) is 13.8 Å². The van der Waals surface area contributed by atoms with Crippen molar-refractivity contribution in [3.05, 3.63) is 59.4 Å². The standard InChI is InChI=1S/C17H17F2N3O2/c1-3-22(4-2)17(24)11-7-8-20-15(9-11)16(23)21-12-5-6-13(18)14(19)10-12/h5-10H,3-4H2,1-2H3,(H,21,23). The van der Waals surface area contributed by atoms with E-state index in [4.69, 9.17) is 0 Å². The molecule has 126 valence electrons. The summed E-state index contributed by atoms with van der Waals surface area (Å²) >= 11 is 0. The SMILES string of the molecule is CCN(CC)C(=O)c1ccnc(C(=O)Nc2ccc(F)c(F)c2)c1. The summed E-state index contributed by atoms with van der Waals surface area (Å²) in [6.07, 6.45) is 1.36. The summed E-state index contributed by atoms with van der Waals surface area (Å²) in [5.41, 5.74) is 0.447. The normalized spacial score (nSPS) is 10.3. The van der Waals surface area contributed by atoms with Crippen molar-refractivity contribution in [1.82, 2.24) is 9.88 Å². The Morgan fingerprint density at radius 3 is 2.42 bits per heavy atom. The van der Waals surface area contributed by atoms with Crippen LogP contribution in [0.3, 0.4) is 0 Å². The van der Waals surface area contributed by atoms with Crippen LogP contribution in [0.2, 0.25) is 0 Å². The zero-order valence-electron chi connectivity index (χ0n) is 13.3. The highest BCUT2D eigenvalue weighted by atomic mass is 19.2. The highest BCUT2D eigenvalue weighted by Crippen LogP contribution is 2.14. The van der Waals surface area contributed by atoms with Gasteiger partial charge in [0.05, 0.1) is 0 Å². The number of anilines is 1. The predicted molar refractivity (Wildman–Crippen MR) is 85.8 cm³/mol. The Hall–Kier alpha value is -2.83. The van der Waals surface area contributed by atoms with Gasteiger partial charge in [-0.15, -0.1) is 0 Å². The zero-order chi connectivity index (χ0) is 17.7. The number of halogens is 2. The van der Waals surface area contributed by atoms with E-state index in [0.717, 1.165) is 12.1 Å². The Morgan fingerprint density at radius 1 is 1.08 bits per heavy atom. The highest BCUT2D eigenvalue weighted by molar-refractivity contribution is 6.04. The topological polar surface area (TPSA) is 62.3 Å². The van der Waals surface area contributed by atoms with Gasteiger partial charge < -0.3 is 10.2 Å². The fourth-order valence-corrected chi connectivity index (χ4v) is 2.15. The molecule has 1 aromatic heterocycles. The first-order chi connectivity index (χ1) is 11.5. The fraction of sp³-hybridized carbons (Fsp3) is 0.235. The summed E-state index contributed by atoms with van der Waals surface area (Å²) in [6, 6.07) is 5.92. The van der Waals surface area contributed by atoms with Gasteiger partial charge in [0.15, 0.2) is 11.6 Å². The number of benzene rings is 1. The lowest BCUT2D eigenvalue weighted by Gasteiger charge is -2.18. The number of carbonyl (C=O) groups excluding carboxylic acids is 2. The van der Waals surface area contributed by atoms with Gasteiger partial charge in [-0.2, -0.15) is 0 Å². The molecule has 0 unspecified atom stereocenters. The molecule has 0 saturated heterocycles. The van der Waals surface area contributed by atoms with Crippen LogP contribution in [0.4, 0.5) is 14.5 Å². The molecule has 2 rings (SSSR count). The molecule has 24 heavy (non-hydrogen) atoms. The summed E-state index contributed by atoms with van der Waals surface area (Å²) in [5.74, 6) is -2.89. The van der Waals surface area contributed by atoms with E-state index in [0.29, 0.717) is 18.7 Å². The molecule has 0 aliphatic heterocycles. The number of nitrogens with zero attached hydrogens (tertiary/aromatic N) is 2. The van der Waals surface area contributed by atoms with Crippen LogP contribution in [-0.2, 0) is 0 Å². The van der Waals surface area contributed by atoms with Crippen molar-refractivity contribution in [2.45, 2.75) is 13.8 Å². The van der Waals surface area contributed by atoms with Crippen molar-refractivity contribution in [3.8, 4) is 0 Å². The van der Waals surface area contributed by atoms with Gasteiger partial charge in [0, 0.05) is 36.6 Å². The van der Waals surface area contributed by atoms with Crippen molar-refractivity contribution >= 4 is 17.5 Å². The number of amides is 2. The molecule has 0 atom stereocenters. The van der Waals surface area contributed by atoms with Gasteiger partial charge in [0.2, 0.25) is 0 Å². The van der Waals surface area contributed by atoms with Crippen molar-refractivity contribution in [2.24, 2.45) is 0 Å². The van der Waals surface area contributed by atoms with Gasteiger partial charge in [-0.1, -0.05) is 0 Å². The zero-order valence-corrected chi connectivity index (χ0v) is 13.3. The van der Waals surface area contributed by atoms with E-state index in [1.54, 1.807) is 4.90 Å². The molecule has 0 saturated carbocycles. The number of aromatic nitrogens is 1. The summed E-state index contributed by atoms with van der Waals surface area (Å²) in [6.45, 7) is 4.82. The fourth-order valence-electron chi connectivity index (χ4n) is 2.15. The summed E-state index contributed by atoms with van der Waals surface area (Å²) in [7, 11) is 0. The summed E-state index contributed by atoms with van der Waals surface area (Å²) in [5, 5.41) is 2.42. The number of nitrogens with one attached hydrogen (secondary N) is 1. The Balaban J connectivity index is 2.19. The molecule has 1 N–H and O–H groups in total. The Bertz CT molecular complexity index is 761. The third-order valence-electron chi connectivity index (χ3n) is 3.47. The van der Waals surface area contributed by atoms with E-state index in [9.17, 15) is 18.4 Å². The van der Waals surface area contributed by atoms with Crippen LogP contribution in [-0.4, -0.2) is 34.8 Å². The van der Waals surface area contributed by atoms with Crippen LogP contribution in [0, 0.1) is 11.6 Å². The maximum atomic E-state index is 13.2. The van der Waals surface area contributed by atoms with Gasteiger partial charge >= 0.3 is 0 Å². The second-order valence-electron chi connectivity index (χ2n) is 4.99. The quantitative estimate of drug-likeness (QED) is 0.914. The number of carbonyl (C=O) groups is 2. The smallest absolute Gasteiger partial charge is 0.274 e. The number of hydrogen-bond donors (Lipinski definition) is 1.